The maximum absolute atomic E-state index is 13.6. The van der Waals surface area contributed by atoms with Crippen LogP contribution in [0.25, 0.3) is 6.08 Å². The Balaban J connectivity index is 2.40. The molecule has 0 aliphatic heterocycles. The molecule has 10 heteroatoms. The molecule has 1 unspecified atom stereocenters. The van der Waals surface area contributed by atoms with Gasteiger partial charge in [-0.1, -0.05) is 35.4 Å². The standard InChI is InChI=1S/C19H16Cl2F3N5/c20-13-6-12(7-14(21)8-13)16(19(22,23)24)3-1-11-2-4-17(29-10-28-9-25)15(5-11)18(26)27/h1-10,16H,(H3,26,27)(H2,25,28,29)/p+1/b3-1+. The van der Waals surface area contributed by atoms with Gasteiger partial charge in [-0.25, -0.2) is 0 Å². The minimum Gasteiger partial charge on any atom is -0.383 e. The third kappa shape index (κ3) is 6.42. The molecule has 0 aliphatic rings. The fraction of sp³-hybridized carbons (Fsp3) is 0.105. The van der Waals surface area contributed by atoms with Crippen LogP contribution in [0.2, 0.25) is 10.0 Å². The van der Waals surface area contributed by atoms with Crippen molar-refractivity contribution >= 4 is 53.5 Å². The first-order valence-corrected chi connectivity index (χ1v) is 8.92. The molecule has 0 aliphatic carbocycles. The third-order valence-corrected chi connectivity index (χ3v) is 4.30. The summed E-state index contributed by atoms with van der Waals surface area (Å²) in [5, 5.41) is 16.3. The lowest BCUT2D eigenvalue weighted by atomic mass is 9.96. The molecule has 0 spiro atoms. The molecular formula is C19H17Cl2F3N5+. The normalized spacial score (nSPS) is 13.1. The van der Waals surface area contributed by atoms with E-state index in [9.17, 15) is 13.2 Å². The molecule has 5 nitrogen and oxygen atoms in total. The Bertz CT molecular complexity index is 951. The lowest BCUT2D eigenvalue weighted by molar-refractivity contribution is -0.432. The van der Waals surface area contributed by atoms with Gasteiger partial charge in [-0.05, 0) is 41.5 Å². The lowest BCUT2D eigenvalue weighted by Crippen LogP contribution is -2.76. The molecule has 0 aromatic heterocycles. The summed E-state index contributed by atoms with van der Waals surface area (Å²) in [7, 11) is 0. The summed E-state index contributed by atoms with van der Waals surface area (Å²) in [5.74, 6) is -2.16. The molecule has 0 radical (unpaired) electrons. The largest absolute Gasteiger partial charge is 0.399 e. The quantitative estimate of drug-likeness (QED) is 0.283. The van der Waals surface area contributed by atoms with E-state index in [1.807, 2.05) is 0 Å². The Morgan fingerprint density at radius 2 is 1.79 bits per heavy atom. The van der Waals surface area contributed by atoms with Crippen molar-refractivity contribution in [3.63, 3.8) is 0 Å². The van der Waals surface area contributed by atoms with Gasteiger partial charge in [-0.15, -0.1) is 0 Å². The molecule has 0 heterocycles. The Morgan fingerprint density at radius 1 is 1.14 bits per heavy atom. The molecule has 2 aromatic carbocycles. The molecule has 0 saturated carbocycles. The highest BCUT2D eigenvalue weighted by molar-refractivity contribution is 6.34. The molecule has 6 N–H and O–H groups in total. The number of aliphatic imine (C=N–C) groups is 1. The predicted molar refractivity (Wildman–Crippen MR) is 111 cm³/mol. The van der Waals surface area contributed by atoms with Crippen molar-refractivity contribution in [2.45, 2.75) is 12.1 Å². The highest BCUT2D eigenvalue weighted by atomic mass is 35.5. The van der Waals surface area contributed by atoms with Crippen LogP contribution in [0.3, 0.4) is 0 Å². The number of halogens is 5. The maximum Gasteiger partial charge on any atom is 0.399 e. The second-order valence-corrected chi connectivity index (χ2v) is 6.81. The summed E-state index contributed by atoms with van der Waals surface area (Å²) in [6, 6.07) is 8.49. The van der Waals surface area contributed by atoms with Crippen molar-refractivity contribution in [1.82, 2.24) is 0 Å². The number of allylic oxidation sites excluding steroid dienone is 1. The summed E-state index contributed by atoms with van der Waals surface area (Å²) in [5.41, 5.74) is 6.81. The van der Waals surface area contributed by atoms with E-state index in [2.05, 4.69) is 4.99 Å². The first kappa shape index (κ1) is 22.6. The van der Waals surface area contributed by atoms with Gasteiger partial charge in [0, 0.05) is 16.1 Å². The second kappa shape index (κ2) is 9.69. The topological polar surface area (TPSA) is 103 Å². The van der Waals surface area contributed by atoms with Crippen LogP contribution in [-0.2, 0) is 0 Å². The Labute approximate surface area is 175 Å². The van der Waals surface area contributed by atoms with Gasteiger partial charge in [-0.2, -0.15) is 18.2 Å². The Kier molecular flexibility index (Phi) is 7.55. The first-order valence-electron chi connectivity index (χ1n) is 8.16. The number of alkyl halides is 3. The number of benzene rings is 2. The smallest absolute Gasteiger partial charge is 0.383 e. The van der Waals surface area contributed by atoms with Gasteiger partial charge in [0.15, 0.2) is 6.34 Å². The van der Waals surface area contributed by atoms with Crippen LogP contribution in [-0.4, -0.2) is 24.7 Å². The summed E-state index contributed by atoms with van der Waals surface area (Å²) in [6.45, 7) is 0. The van der Waals surface area contributed by atoms with Crippen molar-refractivity contribution in [3.8, 4) is 0 Å². The van der Waals surface area contributed by atoms with Crippen LogP contribution < -0.4 is 11.1 Å². The number of nitrogens with one attached hydrogen (secondary N) is 2. The van der Waals surface area contributed by atoms with Gasteiger partial charge in [0.05, 0.1) is 11.5 Å². The molecule has 0 bridgehead atoms. The van der Waals surface area contributed by atoms with E-state index in [0.29, 0.717) is 16.8 Å². The summed E-state index contributed by atoms with van der Waals surface area (Å²) >= 11 is 11.7. The molecule has 0 fully saturated rings. The highest BCUT2D eigenvalue weighted by Gasteiger charge is 2.39. The van der Waals surface area contributed by atoms with Crippen molar-refractivity contribution in [3.05, 3.63) is 69.2 Å². The van der Waals surface area contributed by atoms with Crippen molar-refractivity contribution in [1.29, 1.82) is 10.8 Å². The van der Waals surface area contributed by atoms with E-state index in [1.54, 1.807) is 17.4 Å². The van der Waals surface area contributed by atoms with Gasteiger partial charge >= 0.3 is 6.18 Å². The van der Waals surface area contributed by atoms with Crippen LogP contribution in [0.15, 0.2) is 47.5 Å². The number of hydrogen-bond donors (Lipinski definition) is 4. The molecule has 2 rings (SSSR count). The van der Waals surface area contributed by atoms with E-state index >= 15 is 0 Å². The fourth-order valence-corrected chi connectivity index (χ4v) is 3.14. The average molecular weight is 443 g/mol. The monoisotopic (exact) mass is 442 g/mol. The molecule has 2 aromatic rings. The van der Waals surface area contributed by atoms with E-state index in [-0.39, 0.29) is 21.4 Å². The third-order valence-electron chi connectivity index (χ3n) is 3.86. The highest BCUT2D eigenvalue weighted by Crippen LogP contribution is 2.38. The van der Waals surface area contributed by atoms with Crippen LogP contribution in [0.1, 0.15) is 22.6 Å². The molecular weight excluding hydrogens is 426 g/mol. The Hall–Kier alpha value is -2.68. The van der Waals surface area contributed by atoms with Crippen molar-refractivity contribution < 1.29 is 18.5 Å². The second-order valence-electron chi connectivity index (χ2n) is 5.94. The van der Waals surface area contributed by atoms with E-state index in [0.717, 1.165) is 12.4 Å². The number of nitrogen functional groups attached to an aromatic ring is 1. The van der Waals surface area contributed by atoms with E-state index in [4.69, 9.17) is 39.8 Å². The minimum atomic E-state index is -4.55. The summed E-state index contributed by atoms with van der Waals surface area (Å²) in [4.78, 5) is 3.61. The Morgan fingerprint density at radius 3 is 2.34 bits per heavy atom. The van der Waals surface area contributed by atoms with Crippen LogP contribution in [0.4, 0.5) is 18.9 Å². The first-order chi connectivity index (χ1) is 13.6. The molecule has 0 amide bonds. The van der Waals surface area contributed by atoms with Crippen molar-refractivity contribution in [2.75, 3.05) is 0 Å². The van der Waals surface area contributed by atoms with Crippen LogP contribution in [0.5, 0.6) is 0 Å². The molecule has 1 atom stereocenters. The zero-order valence-corrected chi connectivity index (χ0v) is 16.4. The number of rotatable bonds is 7. The van der Waals surface area contributed by atoms with E-state index < -0.39 is 12.1 Å². The zero-order valence-electron chi connectivity index (χ0n) is 14.8. The van der Waals surface area contributed by atoms with E-state index in [1.165, 1.54) is 36.7 Å². The number of nitrogens with two attached hydrogens (primary N) is 2. The lowest BCUT2D eigenvalue weighted by Gasteiger charge is -2.18. The zero-order chi connectivity index (χ0) is 21.6. The number of amidine groups is 1. The van der Waals surface area contributed by atoms with Crippen LogP contribution >= 0.6 is 23.2 Å². The van der Waals surface area contributed by atoms with Gasteiger partial charge < -0.3 is 5.73 Å². The SMILES string of the molecule is N=CN=C[NH2+]c1ccc(/C=C/C(c2cc(Cl)cc(Cl)c2)C(F)(F)F)cc1C(=N)N. The van der Waals surface area contributed by atoms with Gasteiger partial charge in [-0.3, -0.25) is 16.1 Å². The molecule has 0 saturated heterocycles. The van der Waals surface area contributed by atoms with Crippen LogP contribution in [0, 0.1) is 10.8 Å². The van der Waals surface area contributed by atoms with Gasteiger partial charge in [0.1, 0.15) is 17.9 Å². The average Bonchev–Trinajstić information content (AvgIpc) is 2.61. The number of nitrogens with zero attached hydrogens (tertiary/aromatic N) is 1. The number of hydrogen-bond acceptors (Lipinski definition) is 2. The van der Waals surface area contributed by atoms with Gasteiger partial charge in [0.25, 0.3) is 0 Å². The molecule has 152 valence electrons. The molecule has 29 heavy (non-hydrogen) atoms. The maximum atomic E-state index is 13.6. The summed E-state index contributed by atoms with van der Waals surface area (Å²) < 4.78 is 40.8. The summed E-state index contributed by atoms with van der Waals surface area (Å²) in [6.07, 6.45) is -0.0475. The van der Waals surface area contributed by atoms with Crippen molar-refractivity contribution in [2.24, 2.45) is 10.7 Å². The van der Waals surface area contributed by atoms with Gasteiger partial charge in [0.2, 0.25) is 0 Å². The predicted octanol–water partition coefficient (Wildman–Crippen LogP) is 4.47. The minimum absolute atomic E-state index is 0.0779. The fourth-order valence-electron chi connectivity index (χ4n) is 2.59. The number of quaternary nitrogens is 1.